The van der Waals surface area contributed by atoms with Gasteiger partial charge in [-0.05, 0) is 50.8 Å². The van der Waals surface area contributed by atoms with E-state index in [1.165, 1.54) is 30.6 Å². The van der Waals surface area contributed by atoms with Gasteiger partial charge in [0.1, 0.15) is 0 Å². The maximum absolute atomic E-state index is 4.60. The molecule has 0 atom stereocenters. The van der Waals surface area contributed by atoms with Crippen LogP contribution < -0.4 is 5.32 Å². The van der Waals surface area contributed by atoms with Crippen molar-refractivity contribution in [2.45, 2.75) is 52.7 Å². The highest BCUT2D eigenvalue weighted by atomic mass is 15.2. The van der Waals surface area contributed by atoms with Gasteiger partial charge in [-0.25, -0.2) is 0 Å². The Morgan fingerprint density at radius 1 is 1.37 bits per heavy atom. The second kappa shape index (κ2) is 7.01. The van der Waals surface area contributed by atoms with Gasteiger partial charge in [-0.2, -0.15) is 0 Å². The monoisotopic (exact) mass is 261 g/mol. The molecule has 3 heteroatoms. The minimum atomic E-state index is 0.601. The molecule has 0 saturated heterocycles. The number of rotatable bonds is 8. The van der Waals surface area contributed by atoms with E-state index in [-0.39, 0.29) is 0 Å². The Kier molecular flexibility index (Phi) is 5.34. The van der Waals surface area contributed by atoms with Gasteiger partial charge in [0, 0.05) is 31.9 Å². The van der Waals surface area contributed by atoms with Crippen LogP contribution in [-0.2, 0) is 13.1 Å². The molecule has 1 aliphatic rings. The Morgan fingerprint density at radius 3 is 2.68 bits per heavy atom. The quantitative estimate of drug-likeness (QED) is 0.780. The number of nitrogens with zero attached hydrogens (tertiary/aromatic N) is 2. The Hall–Kier alpha value is -0.930. The zero-order chi connectivity index (χ0) is 13.7. The number of aromatic nitrogens is 1. The van der Waals surface area contributed by atoms with Gasteiger partial charge >= 0.3 is 0 Å². The highest BCUT2D eigenvalue weighted by Crippen LogP contribution is 2.30. The second-order valence-corrected chi connectivity index (χ2v) is 5.90. The molecule has 1 fully saturated rings. The number of nitrogens with one attached hydrogen (secondary N) is 1. The van der Waals surface area contributed by atoms with E-state index in [2.05, 4.69) is 48.1 Å². The molecule has 0 bridgehead atoms. The molecule has 1 N–H and O–H groups in total. The highest BCUT2D eigenvalue weighted by Gasteiger charge is 2.25. The molecule has 0 aromatic carbocycles. The minimum absolute atomic E-state index is 0.601. The van der Waals surface area contributed by atoms with E-state index in [0.717, 1.165) is 25.6 Å². The minimum Gasteiger partial charge on any atom is -0.313 e. The third-order valence-electron chi connectivity index (χ3n) is 3.75. The summed E-state index contributed by atoms with van der Waals surface area (Å²) in [6.45, 7) is 10.8. The van der Waals surface area contributed by atoms with Crippen molar-refractivity contribution in [3.05, 3.63) is 29.6 Å². The van der Waals surface area contributed by atoms with Crippen LogP contribution in [0.25, 0.3) is 0 Å². The lowest BCUT2D eigenvalue weighted by molar-refractivity contribution is 0.201. The molecule has 106 valence electrons. The zero-order valence-corrected chi connectivity index (χ0v) is 12.5. The van der Waals surface area contributed by atoms with Gasteiger partial charge in [0.2, 0.25) is 0 Å². The van der Waals surface area contributed by atoms with Crippen molar-refractivity contribution >= 4 is 0 Å². The fraction of sp³-hybridized carbons (Fsp3) is 0.688. The summed E-state index contributed by atoms with van der Waals surface area (Å²) in [6, 6.07) is 4.97. The molecule has 3 nitrogen and oxygen atoms in total. The molecule has 0 radical (unpaired) electrons. The SMILES string of the molecule is CCNCc1ccc(CN(CC2CC2)C(C)C)nc1. The standard InChI is InChI=1S/C16H27N3/c1-4-17-9-15-7-8-16(18-10-15)12-19(13(2)3)11-14-5-6-14/h7-8,10,13-14,17H,4-6,9,11-12H2,1-3H3. The largest absolute Gasteiger partial charge is 0.313 e. The van der Waals surface area contributed by atoms with Crippen molar-refractivity contribution < 1.29 is 0 Å². The van der Waals surface area contributed by atoms with Gasteiger partial charge < -0.3 is 5.32 Å². The van der Waals surface area contributed by atoms with Crippen LogP contribution in [0, 0.1) is 5.92 Å². The number of hydrogen-bond acceptors (Lipinski definition) is 3. The van der Waals surface area contributed by atoms with Gasteiger partial charge in [-0.3, -0.25) is 9.88 Å². The molecule has 1 aliphatic carbocycles. The number of pyridine rings is 1. The van der Waals surface area contributed by atoms with E-state index >= 15 is 0 Å². The van der Waals surface area contributed by atoms with Gasteiger partial charge in [0.25, 0.3) is 0 Å². The molecule has 2 rings (SSSR count). The van der Waals surface area contributed by atoms with E-state index in [0.29, 0.717) is 6.04 Å². The van der Waals surface area contributed by atoms with Crippen molar-refractivity contribution in [2.24, 2.45) is 5.92 Å². The van der Waals surface area contributed by atoms with Crippen LogP contribution in [0.15, 0.2) is 18.3 Å². The molecule has 0 aliphatic heterocycles. The summed E-state index contributed by atoms with van der Waals surface area (Å²) < 4.78 is 0. The first-order valence-corrected chi connectivity index (χ1v) is 7.57. The van der Waals surface area contributed by atoms with E-state index in [1.807, 2.05) is 6.20 Å². The van der Waals surface area contributed by atoms with E-state index < -0.39 is 0 Å². The first kappa shape index (κ1) is 14.5. The topological polar surface area (TPSA) is 28.2 Å². The predicted molar refractivity (Wildman–Crippen MR) is 79.9 cm³/mol. The molecule has 1 aromatic rings. The average Bonchev–Trinajstić information content (AvgIpc) is 3.21. The van der Waals surface area contributed by atoms with E-state index in [4.69, 9.17) is 0 Å². The van der Waals surface area contributed by atoms with Gasteiger partial charge in [0.05, 0.1) is 5.69 Å². The molecule has 1 aromatic heterocycles. The normalized spacial score (nSPS) is 15.4. The molecule has 0 spiro atoms. The lowest BCUT2D eigenvalue weighted by Gasteiger charge is -2.26. The van der Waals surface area contributed by atoms with Crippen LogP contribution >= 0.6 is 0 Å². The summed E-state index contributed by atoms with van der Waals surface area (Å²) in [5, 5.41) is 3.33. The average molecular weight is 261 g/mol. The predicted octanol–water partition coefficient (Wildman–Crippen LogP) is 2.81. The lowest BCUT2D eigenvalue weighted by atomic mass is 10.2. The Bertz CT molecular complexity index is 368. The molecule has 0 unspecified atom stereocenters. The fourth-order valence-corrected chi connectivity index (χ4v) is 2.22. The Morgan fingerprint density at radius 2 is 2.16 bits per heavy atom. The van der Waals surface area contributed by atoms with E-state index in [1.54, 1.807) is 0 Å². The van der Waals surface area contributed by atoms with E-state index in [9.17, 15) is 0 Å². The third-order valence-corrected chi connectivity index (χ3v) is 3.75. The maximum atomic E-state index is 4.60. The molecular weight excluding hydrogens is 234 g/mol. The summed E-state index contributed by atoms with van der Waals surface area (Å²) in [5.74, 6) is 0.940. The third kappa shape index (κ3) is 4.92. The second-order valence-electron chi connectivity index (χ2n) is 5.90. The summed E-state index contributed by atoms with van der Waals surface area (Å²) in [5.41, 5.74) is 2.46. The first-order valence-electron chi connectivity index (χ1n) is 7.57. The van der Waals surface area contributed by atoms with Crippen LogP contribution in [0.2, 0.25) is 0 Å². The van der Waals surface area contributed by atoms with Gasteiger partial charge in [-0.15, -0.1) is 0 Å². The smallest absolute Gasteiger partial charge is 0.0544 e. The Labute approximate surface area is 117 Å². The fourth-order valence-electron chi connectivity index (χ4n) is 2.22. The van der Waals surface area contributed by atoms with Crippen molar-refractivity contribution in [1.29, 1.82) is 0 Å². The van der Waals surface area contributed by atoms with Gasteiger partial charge in [-0.1, -0.05) is 13.0 Å². The van der Waals surface area contributed by atoms with Gasteiger partial charge in [0.15, 0.2) is 0 Å². The highest BCUT2D eigenvalue weighted by molar-refractivity contribution is 5.14. The number of hydrogen-bond donors (Lipinski definition) is 1. The lowest BCUT2D eigenvalue weighted by Crippen LogP contribution is -2.32. The summed E-state index contributed by atoms with van der Waals surface area (Å²) in [6.07, 6.45) is 4.84. The van der Waals surface area contributed by atoms with Crippen LogP contribution in [-0.4, -0.2) is 29.0 Å². The first-order chi connectivity index (χ1) is 9.19. The summed E-state index contributed by atoms with van der Waals surface area (Å²) >= 11 is 0. The molecule has 1 saturated carbocycles. The molecular formula is C16H27N3. The summed E-state index contributed by atoms with van der Waals surface area (Å²) in [4.78, 5) is 7.15. The van der Waals surface area contributed by atoms with Crippen LogP contribution in [0.5, 0.6) is 0 Å². The molecule has 1 heterocycles. The van der Waals surface area contributed by atoms with Crippen LogP contribution in [0.4, 0.5) is 0 Å². The molecule has 0 amide bonds. The van der Waals surface area contributed by atoms with Crippen molar-refractivity contribution in [1.82, 2.24) is 15.2 Å². The van der Waals surface area contributed by atoms with Crippen molar-refractivity contribution in [3.8, 4) is 0 Å². The zero-order valence-electron chi connectivity index (χ0n) is 12.5. The summed E-state index contributed by atoms with van der Waals surface area (Å²) in [7, 11) is 0. The molecule has 19 heavy (non-hydrogen) atoms. The van der Waals surface area contributed by atoms with Crippen molar-refractivity contribution in [3.63, 3.8) is 0 Å². The maximum Gasteiger partial charge on any atom is 0.0544 e. The van der Waals surface area contributed by atoms with Crippen LogP contribution in [0.1, 0.15) is 44.9 Å². The van der Waals surface area contributed by atoms with Crippen molar-refractivity contribution in [2.75, 3.05) is 13.1 Å². The van der Waals surface area contributed by atoms with Crippen LogP contribution in [0.3, 0.4) is 0 Å². The Balaban J connectivity index is 1.88.